The third-order valence-corrected chi connectivity index (χ3v) is 6.21. The van der Waals surface area contributed by atoms with Gasteiger partial charge in [0.15, 0.2) is 0 Å². The smallest absolute Gasteiger partial charge is 0.107 e. The Kier molecular flexibility index (Phi) is 6.22. The number of para-hydroxylation sites is 1. The van der Waals surface area contributed by atoms with Gasteiger partial charge in [-0.2, -0.15) is 5.10 Å². The number of nitrogens with zero attached hydrogens (tertiary/aromatic N) is 4. The summed E-state index contributed by atoms with van der Waals surface area (Å²) in [6.07, 6.45) is 2.17. The van der Waals surface area contributed by atoms with E-state index in [2.05, 4.69) is 77.1 Å². The Morgan fingerprint density at radius 2 is 1.86 bits per heavy atom. The van der Waals surface area contributed by atoms with Crippen LogP contribution < -0.4 is 5.32 Å². The van der Waals surface area contributed by atoms with Gasteiger partial charge in [0.25, 0.3) is 0 Å². The molecule has 5 nitrogen and oxygen atoms in total. The molecule has 0 radical (unpaired) electrons. The lowest BCUT2D eigenvalue weighted by Gasteiger charge is -2.34. The Morgan fingerprint density at radius 3 is 2.57 bits per heavy atom. The Morgan fingerprint density at radius 1 is 1.07 bits per heavy atom. The quantitative estimate of drug-likeness (QED) is 0.666. The minimum Gasteiger partial charge on any atom is -0.309 e. The summed E-state index contributed by atoms with van der Waals surface area (Å²) >= 11 is 1.75. The van der Waals surface area contributed by atoms with E-state index in [0.717, 1.165) is 37.6 Å². The van der Waals surface area contributed by atoms with Gasteiger partial charge in [0.1, 0.15) is 5.69 Å². The molecule has 28 heavy (non-hydrogen) atoms. The number of aromatic nitrogens is 2. The monoisotopic (exact) mass is 395 g/mol. The second-order valence-electron chi connectivity index (χ2n) is 7.65. The first-order chi connectivity index (χ1) is 13.7. The van der Waals surface area contributed by atoms with E-state index in [9.17, 15) is 0 Å². The standard InChI is InChI=1S/C22H29N5S/c1-18(16-26-12-10-25(2)11-13-26)23-15-19-17-27(20-7-4-3-5-8-20)24-22(19)21-9-6-14-28-21/h3-9,14,17-18,23H,10-13,15-16H2,1-2H3. The molecule has 4 rings (SSSR count). The van der Waals surface area contributed by atoms with Gasteiger partial charge in [0, 0.05) is 57.1 Å². The number of nitrogens with one attached hydrogen (secondary N) is 1. The molecule has 0 amide bonds. The van der Waals surface area contributed by atoms with Gasteiger partial charge in [-0.15, -0.1) is 11.3 Å². The molecule has 2 aromatic heterocycles. The summed E-state index contributed by atoms with van der Waals surface area (Å²) in [5.74, 6) is 0. The fourth-order valence-corrected chi connectivity index (χ4v) is 4.38. The number of hydrogen-bond acceptors (Lipinski definition) is 5. The molecule has 1 aliphatic heterocycles. The zero-order valence-electron chi connectivity index (χ0n) is 16.7. The van der Waals surface area contributed by atoms with Gasteiger partial charge in [-0.1, -0.05) is 24.3 Å². The molecule has 1 aliphatic rings. The molecular formula is C22H29N5S. The fraction of sp³-hybridized carbons (Fsp3) is 0.409. The predicted molar refractivity (Wildman–Crippen MR) is 117 cm³/mol. The van der Waals surface area contributed by atoms with Crippen LogP contribution in [-0.4, -0.2) is 65.4 Å². The maximum atomic E-state index is 4.90. The van der Waals surface area contributed by atoms with E-state index in [1.54, 1.807) is 11.3 Å². The van der Waals surface area contributed by atoms with Crippen LogP contribution >= 0.6 is 11.3 Å². The lowest BCUT2D eigenvalue weighted by molar-refractivity contribution is 0.144. The van der Waals surface area contributed by atoms with Crippen molar-refractivity contribution in [1.82, 2.24) is 24.9 Å². The molecule has 6 heteroatoms. The third kappa shape index (κ3) is 4.70. The Balaban J connectivity index is 1.45. The van der Waals surface area contributed by atoms with Crippen molar-refractivity contribution in [3.63, 3.8) is 0 Å². The van der Waals surface area contributed by atoms with Crippen LogP contribution in [0, 0.1) is 0 Å². The van der Waals surface area contributed by atoms with Crippen molar-refractivity contribution in [3.8, 4) is 16.3 Å². The van der Waals surface area contributed by atoms with E-state index in [0.29, 0.717) is 6.04 Å². The average Bonchev–Trinajstić information content (AvgIpc) is 3.38. The van der Waals surface area contributed by atoms with Gasteiger partial charge in [-0.3, -0.25) is 4.90 Å². The minimum absolute atomic E-state index is 0.444. The topological polar surface area (TPSA) is 36.3 Å². The van der Waals surface area contributed by atoms with Gasteiger partial charge in [0.05, 0.1) is 10.6 Å². The Bertz CT molecular complexity index is 850. The largest absolute Gasteiger partial charge is 0.309 e. The van der Waals surface area contributed by atoms with E-state index < -0.39 is 0 Å². The first kappa shape index (κ1) is 19.3. The van der Waals surface area contributed by atoms with E-state index in [4.69, 9.17) is 5.10 Å². The summed E-state index contributed by atoms with van der Waals surface area (Å²) in [4.78, 5) is 6.18. The highest BCUT2D eigenvalue weighted by Crippen LogP contribution is 2.27. The van der Waals surface area contributed by atoms with Crippen molar-refractivity contribution in [2.24, 2.45) is 0 Å². The Labute approximate surface area is 171 Å². The van der Waals surface area contributed by atoms with Gasteiger partial charge in [-0.25, -0.2) is 4.68 Å². The van der Waals surface area contributed by atoms with Crippen LogP contribution in [0.4, 0.5) is 0 Å². The number of benzene rings is 1. The van der Waals surface area contributed by atoms with Gasteiger partial charge < -0.3 is 10.2 Å². The number of piperazine rings is 1. The molecule has 3 heterocycles. The molecular weight excluding hydrogens is 366 g/mol. The molecule has 0 spiro atoms. The molecule has 0 bridgehead atoms. The Hall–Kier alpha value is -1.99. The van der Waals surface area contributed by atoms with Gasteiger partial charge >= 0.3 is 0 Å². The van der Waals surface area contributed by atoms with E-state index in [1.165, 1.54) is 23.5 Å². The second kappa shape index (κ2) is 9.01. The zero-order chi connectivity index (χ0) is 19.3. The molecule has 1 fully saturated rings. The lowest BCUT2D eigenvalue weighted by atomic mass is 10.2. The highest BCUT2D eigenvalue weighted by molar-refractivity contribution is 7.13. The highest BCUT2D eigenvalue weighted by atomic mass is 32.1. The summed E-state index contributed by atoms with van der Waals surface area (Å²) in [6, 6.07) is 15.0. The molecule has 1 atom stereocenters. The molecule has 1 saturated heterocycles. The molecule has 3 aromatic rings. The molecule has 1 unspecified atom stereocenters. The maximum absolute atomic E-state index is 4.90. The maximum Gasteiger partial charge on any atom is 0.107 e. The van der Waals surface area contributed by atoms with Crippen LogP contribution in [0.1, 0.15) is 12.5 Å². The number of rotatable bonds is 7. The third-order valence-electron chi connectivity index (χ3n) is 5.33. The van der Waals surface area contributed by atoms with Crippen molar-refractivity contribution in [1.29, 1.82) is 0 Å². The van der Waals surface area contributed by atoms with Crippen LogP contribution in [0.5, 0.6) is 0 Å². The summed E-state index contributed by atoms with van der Waals surface area (Å²) in [5.41, 5.74) is 3.42. The van der Waals surface area contributed by atoms with E-state index in [1.807, 2.05) is 10.7 Å². The van der Waals surface area contributed by atoms with Gasteiger partial charge in [-0.05, 0) is 37.6 Å². The molecule has 1 N–H and O–H groups in total. The van der Waals surface area contributed by atoms with Crippen LogP contribution in [0.3, 0.4) is 0 Å². The summed E-state index contributed by atoms with van der Waals surface area (Å²) < 4.78 is 2.00. The van der Waals surface area contributed by atoms with E-state index >= 15 is 0 Å². The van der Waals surface area contributed by atoms with Crippen molar-refractivity contribution in [3.05, 3.63) is 59.6 Å². The summed E-state index contributed by atoms with van der Waals surface area (Å²) in [5, 5.41) is 10.7. The number of thiophene rings is 1. The molecule has 1 aromatic carbocycles. The first-order valence-electron chi connectivity index (χ1n) is 10.0. The molecule has 148 valence electrons. The highest BCUT2D eigenvalue weighted by Gasteiger charge is 2.17. The first-order valence-corrected chi connectivity index (χ1v) is 10.9. The number of hydrogen-bond donors (Lipinski definition) is 1. The van der Waals surface area contributed by atoms with Crippen LogP contribution in [0.2, 0.25) is 0 Å². The second-order valence-corrected chi connectivity index (χ2v) is 8.59. The average molecular weight is 396 g/mol. The van der Waals surface area contributed by atoms with Crippen LogP contribution in [0.25, 0.3) is 16.3 Å². The van der Waals surface area contributed by atoms with Crippen molar-refractivity contribution in [2.45, 2.75) is 19.5 Å². The van der Waals surface area contributed by atoms with E-state index in [-0.39, 0.29) is 0 Å². The van der Waals surface area contributed by atoms with Crippen molar-refractivity contribution in [2.75, 3.05) is 39.8 Å². The lowest BCUT2D eigenvalue weighted by Crippen LogP contribution is -2.48. The molecule has 0 aliphatic carbocycles. The van der Waals surface area contributed by atoms with Crippen LogP contribution in [0.15, 0.2) is 54.0 Å². The van der Waals surface area contributed by atoms with Crippen molar-refractivity contribution < 1.29 is 0 Å². The van der Waals surface area contributed by atoms with Gasteiger partial charge in [0.2, 0.25) is 0 Å². The SMILES string of the molecule is CC(CN1CCN(C)CC1)NCc1cn(-c2ccccc2)nc1-c1cccs1. The minimum atomic E-state index is 0.444. The summed E-state index contributed by atoms with van der Waals surface area (Å²) in [7, 11) is 2.20. The predicted octanol–water partition coefficient (Wildman–Crippen LogP) is 3.33. The zero-order valence-corrected chi connectivity index (χ0v) is 17.5. The fourth-order valence-electron chi connectivity index (χ4n) is 3.64. The number of likely N-dealkylation sites (N-methyl/N-ethyl adjacent to an activating group) is 1. The van der Waals surface area contributed by atoms with Crippen molar-refractivity contribution >= 4 is 11.3 Å². The normalized spacial score (nSPS) is 17.1. The summed E-state index contributed by atoms with van der Waals surface area (Å²) in [6.45, 7) is 8.86. The molecule has 0 saturated carbocycles. The van der Waals surface area contributed by atoms with Crippen LogP contribution in [-0.2, 0) is 6.54 Å².